The van der Waals surface area contributed by atoms with Gasteiger partial charge in [-0.15, -0.1) is 14.1 Å². The minimum absolute atomic E-state index is 0.269. The molecule has 1 N–H and O–H groups in total. The van der Waals surface area contributed by atoms with Crippen molar-refractivity contribution in [1.82, 2.24) is 14.1 Å². The van der Waals surface area contributed by atoms with E-state index in [0.717, 1.165) is 42.5 Å². The number of aromatic nitrogens is 3. The number of unbranched alkanes of at least 4 members (excludes halogenated alkanes) is 2. The lowest BCUT2D eigenvalue weighted by atomic mass is 10.1. The Balaban J connectivity index is 0.000000177. The minimum atomic E-state index is -0.471. The fourth-order valence-electron chi connectivity index (χ4n) is 4.20. The Kier molecular flexibility index (Phi) is 8.41. The number of phenolic OH excluding ortho intramolecular Hbond substituents is 1. The normalized spacial score (nSPS) is 11.1. The van der Waals surface area contributed by atoms with Gasteiger partial charge >= 0.3 is 11.9 Å². The number of nitrogens with zero attached hydrogens (tertiary/aromatic N) is 3. The molecule has 8 heteroatoms. The van der Waals surface area contributed by atoms with Crippen molar-refractivity contribution in [3.8, 4) is 11.4 Å². The number of para-hydroxylation sites is 2. The van der Waals surface area contributed by atoms with Crippen LogP contribution < -0.4 is 0 Å². The maximum Gasteiger partial charge on any atom is 0.339 e. The standard InChI is InChI=1S/C16H22O4.C14H13N3O/c1-3-5-11-19-15(17)13-9-7-8-10-14(13)16(18)20-12-6-4-2;1-9-7-10(2)14(18)13(8-9)17-15-11-5-3-4-6-12(11)16(15)17/h7-10H,3-6,11-12H2,1-2H3;3-8,18H,1-2H3. The highest BCUT2D eigenvalue weighted by Crippen LogP contribution is 2.32. The molecule has 2 aromatic heterocycles. The summed E-state index contributed by atoms with van der Waals surface area (Å²) in [4.78, 5) is 25.9. The molecule has 0 radical (unpaired) electrons. The molecule has 0 atom stereocenters. The summed E-state index contributed by atoms with van der Waals surface area (Å²) in [5.41, 5.74) is 5.78. The first-order valence-corrected chi connectivity index (χ1v) is 13.1. The van der Waals surface area contributed by atoms with Crippen LogP contribution in [0.4, 0.5) is 0 Å². The van der Waals surface area contributed by atoms with Gasteiger partial charge in [-0.05, 0) is 68.1 Å². The lowest BCUT2D eigenvalue weighted by molar-refractivity contribution is 0.0452. The largest absolute Gasteiger partial charge is 0.505 e. The molecule has 5 aromatic rings. The Hall–Kier alpha value is -4.20. The molecule has 0 fully saturated rings. The van der Waals surface area contributed by atoms with Crippen molar-refractivity contribution in [2.24, 2.45) is 0 Å². The number of esters is 2. The van der Waals surface area contributed by atoms with Gasteiger partial charge in [0.1, 0.15) is 22.5 Å². The predicted octanol–water partition coefficient (Wildman–Crippen LogP) is 6.34. The monoisotopic (exact) mass is 517 g/mol. The number of carbonyl (C=O) groups is 2. The second kappa shape index (κ2) is 11.9. The van der Waals surface area contributed by atoms with Gasteiger partial charge in [0, 0.05) is 0 Å². The summed E-state index contributed by atoms with van der Waals surface area (Å²) >= 11 is 0. The average Bonchev–Trinajstić information content (AvgIpc) is 3.58. The Morgan fingerprint density at radius 1 is 0.763 bits per heavy atom. The molecular weight excluding hydrogens is 482 g/mol. The third kappa shape index (κ3) is 5.54. The van der Waals surface area contributed by atoms with Gasteiger partial charge in [0.15, 0.2) is 0 Å². The highest BCUT2D eigenvalue weighted by Gasteiger charge is 2.25. The Bertz CT molecular complexity index is 1440. The molecule has 3 aromatic carbocycles. The first-order chi connectivity index (χ1) is 18.4. The first-order valence-electron chi connectivity index (χ1n) is 13.1. The number of phenols is 1. The number of fused-ring (bicyclic) bond motifs is 4. The molecule has 0 saturated heterocycles. The summed E-state index contributed by atoms with van der Waals surface area (Å²) in [7, 11) is 0. The molecule has 0 unspecified atom stereocenters. The van der Waals surface area contributed by atoms with Crippen LogP contribution >= 0.6 is 0 Å². The molecule has 0 spiro atoms. The molecule has 0 bridgehead atoms. The molecule has 0 amide bonds. The maximum absolute atomic E-state index is 11.9. The van der Waals surface area contributed by atoms with E-state index in [4.69, 9.17) is 9.47 Å². The molecule has 5 rings (SSSR count). The van der Waals surface area contributed by atoms with E-state index in [1.807, 2.05) is 66.0 Å². The van der Waals surface area contributed by atoms with Gasteiger partial charge in [-0.1, -0.05) is 57.0 Å². The quantitative estimate of drug-likeness (QED) is 0.182. The van der Waals surface area contributed by atoms with Gasteiger partial charge < -0.3 is 14.6 Å². The Morgan fingerprint density at radius 2 is 1.24 bits per heavy atom. The zero-order valence-corrected chi connectivity index (χ0v) is 22.4. The molecule has 0 aliphatic heterocycles. The highest BCUT2D eigenvalue weighted by molar-refractivity contribution is 6.03. The van der Waals surface area contributed by atoms with E-state index in [-0.39, 0.29) is 11.1 Å². The van der Waals surface area contributed by atoms with Crippen LogP contribution in [0.15, 0.2) is 60.7 Å². The summed E-state index contributed by atoms with van der Waals surface area (Å²) in [6, 6.07) is 18.8. The molecule has 0 saturated carbocycles. The van der Waals surface area contributed by atoms with E-state index < -0.39 is 11.9 Å². The van der Waals surface area contributed by atoms with Crippen molar-refractivity contribution in [3.05, 3.63) is 82.9 Å². The van der Waals surface area contributed by atoms with Crippen molar-refractivity contribution in [2.45, 2.75) is 53.4 Å². The summed E-state index contributed by atoms with van der Waals surface area (Å²) in [5, 5.41) is 10.2. The zero-order valence-electron chi connectivity index (χ0n) is 22.4. The molecule has 8 nitrogen and oxygen atoms in total. The molecule has 200 valence electrons. The van der Waals surface area contributed by atoms with Gasteiger partial charge in [-0.25, -0.2) is 9.59 Å². The molecular formula is C30H35N3O5. The molecule has 0 aliphatic rings. The van der Waals surface area contributed by atoms with Crippen LogP contribution in [0.2, 0.25) is 0 Å². The second-order valence-electron chi connectivity index (χ2n) is 9.33. The van der Waals surface area contributed by atoms with Gasteiger partial charge in [0.25, 0.3) is 0 Å². The van der Waals surface area contributed by atoms with Crippen molar-refractivity contribution < 1.29 is 24.2 Å². The number of carbonyl (C=O) groups excluding carboxylic acids is 2. The van der Waals surface area contributed by atoms with Crippen LogP contribution in [0.1, 0.15) is 71.4 Å². The van der Waals surface area contributed by atoms with Crippen molar-refractivity contribution in [1.29, 1.82) is 0 Å². The summed E-state index contributed by atoms with van der Waals surface area (Å²) in [6.07, 6.45) is 3.53. The van der Waals surface area contributed by atoms with Gasteiger partial charge in [-0.3, -0.25) is 0 Å². The SMILES string of the molecule is CCCCOC(=O)c1ccccc1C(=O)OCCCC.Cc1cc(C)c(O)c(-n2n3c4ccccc4n23)c1. The van der Waals surface area contributed by atoms with E-state index in [0.29, 0.717) is 19.0 Å². The third-order valence-corrected chi connectivity index (χ3v) is 6.29. The smallest absolute Gasteiger partial charge is 0.339 e. The zero-order chi connectivity index (χ0) is 27.2. The highest BCUT2D eigenvalue weighted by atomic mass is 16.5. The summed E-state index contributed by atoms with van der Waals surface area (Å²) < 4.78 is 14.4. The number of aryl methyl sites for hydroxylation is 2. The van der Waals surface area contributed by atoms with E-state index in [1.54, 1.807) is 24.3 Å². The summed E-state index contributed by atoms with van der Waals surface area (Å²) in [5.74, 6) is -0.594. The van der Waals surface area contributed by atoms with Crippen LogP contribution in [-0.2, 0) is 9.47 Å². The average molecular weight is 518 g/mol. The van der Waals surface area contributed by atoms with Crippen LogP contribution in [-0.4, -0.2) is 44.3 Å². The lowest BCUT2D eigenvalue weighted by Crippen LogP contribution is -2.14. The summed E-state index contributed by atoms with van der Waals surface area (Å²) in [6.45, 7) is 8.75. The molecule has 0 aliphatic carbocycles. The van der Waals surface area contributed by atoms with Gasteiger partial charge in [0.05, 0.1) is 24.3 Å². The third-order valence-electron chi connectivity index (χ3n) is 6.29. The Labute approximate surface area is 222 Å². The number of aromatic hydroxyl groups is 1. The Morgan fingerprint density at radius 3 is 1.71 bits per heavy atom. The first kappa shape index (κ1) is 26.9. The number of hydrogen-bond acceptors (Lipinski definition) is 5. The fraction of sp³-hybridized carbons (Fsp3) is 0.333. The van der Waals surface area contributed by atoms with E-state index in [2.05, 4.69) is 12.1 Å². The van der Waals surface area contributed by atoms with Crippen LogP contribution in [0.3, 0.4) is 0 Å². The topological polar surface area (TPSA) is 86.6 Å². The maximum atomic E-state index is 11.9. The van der Waals surface area contributed by atoms with Gasteiger partial charge in [0.2, 0.25) is 0 Å². The minimum Gasteiger partial charge on any atom is -0.505 e. The number of hydrogen-bond donors (Lipinski definition) is 1. The van der Waals surface area contributed by atoms with Crippen LogP contribution in [0.5, 0.6) is 5.75 Å². The predicted molar refractivity (Wildman–Crippen MR) is 147 cm³/mol. The molecule has 38 heavy (non-hydrogen) atoms. The van der Waals surface area contributed by atoms with E-state index in [1.165, 1.54) is 11.0 Å². The lowest BCUT2D eigenvalue weighted by Gasteiger charge is -2.09. The number of ether oxygens (including phenoxy) is 2. The number of benzene rings is 3. The van der Waals surface area contributed by atoms with Crippen molar-refractivity contribution in [2.75, 3.05) is 13.2 Å². The van der Waals surface area contributed by atoms with Crippen LogP contribution in [0, 0.1) is 13.8 Å². The van der Waals surface area contributed by atoms with Crippen LogP contribution in [0.25, 0.3) is 16.7 Å². The van der Waals surface area contributed by atoms with Crippen molar-refractivity contribution >= 4 is 23.0 Å². The number of rotatable bonds is 9. The van der Waals surface area contributed by atoms with E-state index in [9.17, 15) is 14.7 Å². The van der Waals surface area contributed by atoms with Gasteiger partial charge in [-0.2, -0.15) is 0 Å². The fourth-order valence-corrected chi connectivity index (χ4v) is 4.20. The van der Waals surface area contributed by atoms with Crippen molar-refractivity contribution in [3.63, 3.8) is 0 Å². The van der Waals surface area contributed by atoms with E-state index >= 15 is 0 Å². The molecule has 2 heterocycles. The second-order valence-corrected chi connectivity index (χ2v) is 9.33.